The van der Waals surface area contributed by atoms with Gasteiger partial charge in [-0.1, -0.05) is 11.6 Å². The molecular formula is C17H15ClN2O6. The van der Waals surface area contributed by atoms with Crippen LogP contribution in [0.15, 0.2) is 42.5 Å². The molecule has 0 radical (unpaired) electrons. The van der Waals surface area contributed by atoms with Crippen molar-refractivity contribution in [3.8, 4) is 5.75 Å². The summed E-state index contributed by atoms with van der Waals surface area (Å²) in [6, 6.07) is 9.96. The molecule has 26 heavy (non-hydrogen) atoms. The van der Waals surface area contributed by atoms with E-state index in [9.17, 15) is 19.7 Å². The topological polar surface area (TPSA) is 108 Å². The second kappa shape index (κ2) is 8.30. The number of non-ortho nitro benzene ring substituents is 1. The van der Waals surface area contributed by atoms with E-state index in [1.54, 1.807) is 24.3 Å². The molecule has 2 rings (SSSR count). The van der Waals surface area contributed by atoms with Gasteiger partial charge in [0.15, 0.2) is 6.10 Å². The first kappa shape index (κ1) is 19.2. The zero-order chi connectivity index (χ0) is 19.3. The number of hydrogen-bond acceptors (Lipinski definition) is 6. The molecule has 1 amide bonds. The summed E-state index contributed by atoms with van der Waals surface area (Å²) in [5.41, 5.74) is 0.185. The van der Waals surface area contributed by atoms with Crippen molar-refractivity contribution in [2.24, 2.45) is 0 Å². The third kappa shape index (κ3) is 4.70. The molecule has 2 aromatic rings. The fourth-order valence-electron chi connectivity index (χ4n) is 1.98. The molecule has 0 fully saturated rings. The van der Waals surface area contributed by atoms with Crippen molar-refractivity contribution in [2.75, 3.05) is 12.4 Å². The molecule has 0 saturated heterocycles. The number of rotatable bonds is 6. The molecule has 0 aliphatic rings. The predicted octanol–water partition coefficient (Wildman–Crippen LogP) is 3.44. The van der Waals surface area contributed by atoms with Crippen molar-refractivity contribution in [1.29, 1.82) is 0 Å². The standard InChI is InChI=1S/C17H15ClN2O6/c1-10(16(21)19-11-3-6-13(25-2)7-4-11)26-17(22)14-8-5-12(20(23)24)9-15(14)18/h3-10H,1-2H3,(H,19,21)/t10-/m1/s1. The molecule has 0 bridgehead atoms. The van der Waals surface area contributed by atoms with Gasteiger partial charge in [0, 0.05) is 17.8 Å². The first-order valence-electron chi connectivity index (χ1n) is 7.41. The summed E-state index contributed by atoms with van der Waals surface area (Å²) in [6.07, 6.45) is -1.10. The fourth-order valence-corrected chi connectivity index (χ4v) is 2.23. The Hall–Kier alpha value is -3.13. The molecule has 0 heterocycles. The van der Waals surface area contributed by atoms with E-state index in [4.69, 9.17) is 21.1 Å². The maximum Gasteiger partial charge on any atom is 0.340 e. The van der Waals surface area contributed by atoms with E-state index < -0.39 is 22.9 Å². The molecule has 0 spiro atoms. The summed E-state index contributed by atoms with van der Waals surface area (Å²) in [6.45, 7) is 1.40. The highest BCUT2D eigenvalue weighted by atomic mass is 35.5. The van der Waals surface area contributed by atoms with Gasteiger partial charge in [-0.2, -0.15) is 0 Å². The Kier molecular flexibility index (Phi) is 6.13. The number of nitro benzene ring substituents is 1. The zero-order valence-corrected chi connectivity index (χ0v) is 14.6. The van der Waals surface area contributed by atoms with Crippen LogP contribution < -0.4 is 10.1 Å². The number of hydrogen-bond donors (Lipinski definition) is 1. The van der Waals surface area contributed by atoms with E-state index in [2.05, 4.69) is 5.32 Å². The van der Waals surface area contributed by atoms with Crippen LogP contribution in [0.4, 0.5) is 11.4 Å². The van der Waals surface area contributed by atoms with E-state index in [0.717, 1.165) is 12.1 Å². The highest BCUT2D eigenvalue weighted by Gasteiger charge is 2.22. The quantitative estimate of drug-likeness (QED) is 0.468. The van der Waals surface area contributed by atoms with Gasteiger partial charge in [-0.3, -0.25) is 14.9 Å². The number of carbonyl (C=O) groups is 2. The average Bonchev–Trinajstić information content (AvgIpc) is 2.61. The summed E-state index contributed by atoms with van der Waals surface area (Å²) in [5.74, 6) is -0.765. The second-order valence-corrected chi connectivity index (χ2v) is 5.59. The molecule has 1 N–H and O–H groups in total. The Balaban J connectivity index is 2.01. The van der Waals surface area contributed by atoms with Crippen molar-refractivity contribution >= 4 is 34.9 Å². The summed E-state index contributed by atoms with van der Waals surface area (Å²) in [5, 5.41) is 13.1. The molecule has 2 aromatic carbocycles. The largest absolute Gasteiger partial charge is 0.497 e. The van der Waals surface area contributed by atoms with Crippen LogP contribution in [-0.2, 0) is 9.53 Å². The van der Waals surface area contributed by atoms with Crippen molar-refractivity contribution in [3.63, 3.8) is 0 Å². The molecule has 0 aliphatic heterocycles. The Labute approximate surface area is 153 Å². The number of halogens is 1. The molecular weight excluding hydrogens is 364 g/mol. The van der Waals surface area contributed by atoms with Crippen LogP contribution in [0.2, 0.25) is 5.02 Å². The summed E-state index contributed by atoms with van der Waals surface area (Å²) < 4.78 is 10.1. The Morgan fingerprint density at radius 3 is 2.38 bits per heavy atom. The van der Waals surface area contributed by atoms with Crippen molar-refractivity contribution in [1.82, 2.24) is 0 Å². The Bertz CT molecular complexity index is 838. The number of anilines is 1. The lowest BCUT2D eigenvalue weighted by molar-refractivity contribution is -0.384. The number of ether oxygens (including phenoxy) is 2. The van der Waals surface area contributed by atoms with Gasteiger partial charge in [-0.05, 0) is 37.3 Å². The normalized spacial score (nSPS) is 11.3. The first-order valence-corrected chi connectivity index (χ1v) is 7.79. The summed E-state index contributed by atoms with van der Waals surface area (Å²) in [7, 11) is 1.53. The maximum atomic E-state index is 12.1. The van der Waals surface area contributed by atoms with Gasteiger partial charge in [0.1, 0.15) is 5.75 Å². The zero-order valence-electron chi connectivity index (χ0n) is 13.9. The number of nitrogens with one attached hydrogen (secondary N) is 1. The number of nitro groups is 1. The Morgan fingerprint density at radius 1 is 1.19 bits per heavy atom. The van der Waals surface area contributed by atoms with Crippen molar-refractivity contribution in [3.05, 3.63) is 63.2 Å². The first-order chi connectivity index (χ1) is 12.3. The van der Waals surface area contributed by atoms with Gasteiger partial charge in [-0.25, -0.2) is 4.79 Å². The van der Waals surface area contributed by atoms with Gasteiger partial charge in [-0.15, -0.1) is 0 Å². The van der Waals surface area contributed by atoms with Crippen LogP contribution in [0, 0.1) is 10.1 Å². The lowest BCUT2D eigenvalue weighted by Gasteiger charge is -2.14. The molecule has 0 aromatic heterocycles. The van der Waals surface area contributed by atoms with E-state index in [1.165, 1.54) is 20.1 Å². The third-order valence-corrected chi connectivity index (χ3v) is 3.71. The highest BCUT2D eigenvalue weighted by molar-refractivity contribution is 6.33. The van der Waals surface area contributed by atoms with Gasteiger partial charge in [0.25, 0.3) is 11.6 Å². The number of methoxy groups -OCH3 is 1. The van der Waals surface area contributed by atoms with Crippen LogP contribution in [-0.4, -0.2) is 30.0 Å². The minimum absolute atomic E-state index is 0.0682. The molecule has 0 saturated carbocycles. The predicted molar refractivity (Wildman–Crippen MR) is 94.6 cm³/mol. The van der Waals surface area contributed by atoms with E-state index in [1.807, 2.05) is 0 Å². The van der Waals surface area contributed by atoms with Crippen LogP contribution >= 0.6 is 11.6 Å². The molecule has 1 atom stereocenters. The summed E-state index contributed by atoms with van der Waals surface area (Å²) in [4.78, 5) is 34.3. The molecule has 136 valence electrons. The lowest BCUT2D eigenvalue weighted by Crippen LogP contribution is -2.30. The minimum atomic E-state index is -1.10. The molecule has 9 heteroatoms. The van der Waals surface area contributed by atoms with Crippen LogP contribution in [0.25, 0.3) is 0 Å². The maximum absolute atomic E-state index is 12.1. The molecule has 0 unspecified atom stereocenters. The van der Waals surface area contributed by atoms with E-state index in [-0.39, 0.29) is 16.3 Å². The van der Waals surface area contributed by atoms with E-state index >= 15 is 0 Å². The van der Waals surface area contributed by atoms with Crippen LogP contribution in [0.1, 0.15) is 17.3 Å². The lowest BCUT2D eigenvalue weighted by atomic mass is 10.2. The average molecular weight is 379 g/mol. The fraction of sp³-hybridized carbons (Fsp3) is 0.176. The summed E-state index contributed by atoms with van der Waals surface area (Å²) >= 11 is 5.87. The van der Waals surface area contributed by atoms with Crippen molar-refractivity contribution in [2.45, 2.75) is 13.0 Å². The van der Waals surface area contributed by atoms with Gasteiger partial charge in [0.05, 0.1) is 22.6 Å². The molecule has 0 aliphatic carbocycles. The Morgan fingerprint density at radius 2 is 1.85 bits per heavy atom. The van der Waals surface area contributed by atoms with E-state index in [0.29, 0.717) is 11.4 Å². The van der Waals surface area contributed by atoms with Crippen LogP contribution in [0.3, 0.4) is 0 Å². The number of nitrogens with zero attached hydrogens (tertiary/aromatic N) is 1. The van der Waals surface area contributed by atoms with Gasteiger partial charge in [0.2, 0.25) is 0 Å². The number of benzene rings is 2. The van der Waals surface area contributed by atoms with Gasteiger partial charge >= 0.3 is 5.97 Å². The number of amides is 1. The van der Waals surface area contributed by atoms with Crippen molar-refractivity contribution < 1.29 is 24.0 Å². The monoisotopic (exact) mass is 378 g/mol. The second-order valence-electron chi connectivity index (χ2n) is 5.19. The number of esters is 1. The van der Waals surface area contributed by atoms with Gasteiger partial charge < -0.3 is 14.8 Å². The van der Waals surface area contributed by atoms with Crippen LogP contribution in [0.5, 0.6) is 5.75 Å². The SMILES string of the molecule is COc1ccc(NC(=O)[C@@H](C)OC(=O)c2ccc([N+](=O)[O-])cc2Cl)cc1. The third-order valence-electron chi connectivity index (χ3n) is 3.39. The highest BCUT2D eigenvalue weighted by Crippen LogP contribution is 2.23. The number of carbonyl (C=O) groups excluding carboxylic acids is 2. The smallest absolute Gasteiger partial charge is 0.340 e. The molecule has 8 nitrogen and oxygen atoms in total. The minimum Gasteiger partial charge on any atom is -0.497 e.